The Bertz CT molecular complexity index is 692. The van der Waals surface area contributed by atoms with E-state index in [1.165, 1.54) is 0 Å². The van der Waals surface area contributed by atoms with Crippen molar-refractivity contribution in [1.82, 2.24) is 0 Å². The van der Waals surface area contributed by atoms with Gasteiger partial charge in [-0.1, -0.05) is 31.2 Å². The normalized spacial score (nSPS) is 9.88. The Morgan fingerprint density at radius 3 is 2.46 bits per heavy atom. The van der Waals surface area contributed by atoms with E-state index in [0.29, 0.717) is 6.61 Å². The van der Waals surface area contributed by atoms with E-state index in [4.69, 9.17) is 4.74 Å². The SMILES string of the molecule is C=CCc1ccc(O)c(-c2ccc(OCCC)c(CC=C)c2)c1.[Br-]. The summed E-state index contributed by atoms with van der Waals surface area (Å²) < 4.78 is 5.80. The summed E-state index contributed by atoms with van der Waals surface area (Å²) in [7, 11) is 0. The maximum Gasteiger partial charge on any atom is 0.123 e. The van der Waals surface area contributed by atoms with E-state index in [-0.39, 0.29) is 22.7 Å². The molecule has 128 valence electrons. The zero-order valence-electron chi connectivity index (χ0n) is 14.1. The van der Waals surface area contributed by atoms with Crippen LogP contribution in [0.5, 0.6) is 11.5 Å². The number of hydrogen-bond acceptors (Lipinski definition) is 2. The van der Waals surface area contributed by atoms with Crippen LogP contribution < -0.4 is 21.7 Å². The lowest BCUT2D eigenvalue weighted by molar-refractivity contribution is -0.00000610. The summed E-state index contributed by atoms with van der Waals surface area (Å²) in [5, 5.41) is 10.2. The lowest BCUT2D eigenvalue weighted by atomic mass is 9.97. The van der Waals surface area contributed by atoms with E-state index < -0.39 is 0 Å². The van der Waals surface area contributed by atoms with E-state index in [1.54, 1.807) is 6.07 Å². The van der Waals surface area contributed by atoms with Crippen LogP contribution in [0.4, 0.5) is 0 Å². The molecule has 2 aromatic carbocycles. The average Bonchev–Trinajstić information content (AvgIpc) is 2.56. The highest BCUT2D eigenvalue weighted by Gasteiger charge is 2.09. The van der Waals surface area contributed by atoms with Gasteiger partial charge in [-0.2, -0.15) is 0 Å². The molecule has 0 saturated heterocycles. The van der Waals surface area contributed by atoms with Gasteiger partial charge in [0.2, 0.25) is 0 Å². The minimum atomic E-state index is 0. The van der Waals surface area contributed by atoms with Crippen molar-refractivity contribution in [2.75, 3.05) is 6.61 Å². The molecule has 24 heavy (non-hydrogen) atoms. The number of allylic oxidation sites excluding steroid dienone is 2. The molecular formula is C21H24BrO2-. The number of phenols is 1. The predicted molar refractivity (Wildman–Crippen MR) is 97.1 cm³/mol. The first-order chi connectivity index (χ1) is 11.2. The molecule has 2 aromatic rings. The molecule has 0 unspecified atom stereocenters. The number of ether oxygens (including phenoxy) is 1. The van der Waals surface area contributed by atoms with E-state index in [9.17, 15) is 5.11 Å². The third kappa shape index (κ3) is 5.00. The topological polar surface area (TPSA) is 29.5 Å². The Balaban J connectivity index is 0.00000288. The molecule has 0 radical (unpaired) electrons. The van der Waals surface area contributed by atoms with E-state index in [1.807, 2.05) is 36.4 Å². The highest BCUT2D eigenvalue weighted by atomic mass is 79.9. The molecule has 0 aliphatic carbocycles. The van der Waals surface area contributed by atoms with Gasteiger partial charge in [0, 0.05) is 5.56 Å². The lowest BCUT2D eigenvalue weighted by Crippen LogP contribution is -3.00. The number of rotatable bonds is 8. The first-order valence-electron chi connectivity index (χ1n) is 7.99. The summed E-state index contributed by atoms with van der Waals surface area (Å²) in [6.07, 6.45) is 6.22. The Labute approximate surface area is 155 Å². The van der Waals surface area contributed by atoms with Crippen molar-refractivity contribution in [2.24, 2.45) is 0 Å². The van der Waals surface area contributed by atoms with Crippen molar-refractivity contribution in [3.8, 4) is 22.6 Å². The Hall–Kier alpha value is -2.00. The summed E-state index contributed by atoms with van der Waals surface area (Å²) >= 11 is 0. The Morgan fingerprint density at radius 1 is 1.04 bits per heavy atom. The van der Waals surface area contributed by atoms with Gasteiger partial charge in [-0.25, -0.2) is 0 Å². The van der Waals surface area contributed by atoms with Crippen LogP contribution in [0.25, 0.3) is 11.1 Å². The highest BCUT2D eigenvalue weighted by molar-refractivity contribution is 5.72. The third-order valence-corrected chi connectivity index (χ3v) is 3.64. The Morgan fingerprint density at radius 2 is 1.79 bits per heavy atom. The molecule has 0 bridgehead atoms. The molecule has 0 fully saturated rings. The first-order valence-corrected chi connectivity index (χ1v) is 7.99. The molecule has 2 nitrogen and oxygen atoms in total. The molecule has 0 saturated carbocycles. The van der Waals surface area contributed by atoms with Crippen molar-refractivity contribution in [3.05, 3.63) is 72.8 Å². The minimum Gasteiger partial charge on any atom is -1.00 e. The molecule has 0 aliphatic rings. The van der Waals surface area contributed by atoms with Crippen molar-refractivity contribution < 1.29 is 26.8 Å². The van der Waals surface area contributed by atoms with Crippen LogP contribution in [0, 0.1) is 0 Å². The maximum atomic E-state index is 10.2. The van der Waals surface area contributed by atoms with Gasteiger partial charge < -0.3 is 26.8 Å². The smallest absolute Gasteiger partial charge is 0.123 e. The zero-order chi connectivity index (χ0) is 16.7. The van der Waals surface area contributed by atoms with Gasteiger partial charge >= 0.3 is 0 Å². The molecule has 1 N–H and O–H groups in total. The van der Waals surface area contributed by atoms with Gasteiger partial charge in [0.05, 0.1) is 6.61 Å². The zero-order valence-corrected chi connectivity index (χ0v) is 15.7. The predicted octanol–water partition coefficient (Wildman–Crippen LogP) is 2.31. The van der Waals surface area contributed by atoms with E-state index in [0.717, 1.165) is 47.3 Å². The van der Waals surface area contributed by atoms with Crippen molar-refractivity contribution >= 4 is 0 Å². The summed E-state index contributed by atoms with van der Waals surface area (Å²) in [4.78, 5) is 0. The molecule has 2 rings (SSSR count). The minimum absolute atomic E-state index is 0. The van der Waals surface area contributed by atoms with Crippen molar-refractivity contribution in [3.63, 3.8) is 0 Å². The quantitative estimate of drug-likeness (QED) is 0.704. The van der Waals surface area contributed by atoms with E-state index >= 15 is 0 Å². The number of halogens is 1. The van der Waals surface area contributed by atoms with E-state index in [2.05, 4.69) is 26.1 Å². The lowest BCUT2D eigenvalue weighted by Gasteiger charge is -2.13. The van der Waals surface area contributed by atoms with Gasteiger partial charge in [-0.15, -0.1) is 13.2 Å². The van der Waals surface area contributed by atoms with Gasteiger partial charge in [0.15, 0.2) is 0 Å². The standard InChI is InChI=1S/C21H24O2.BrH/c1-4-7-16-9-11-20(22)19(14-16)17-10-12-21(23-13-6-3)18(15-17)8-5-2;/h4-5,9-12,14-15,22H,1-2,6-8,13H2,3H3;1H/p-1. The fraction of sp³-hybridized carbons (Fsp3) is 0.238. The van der Waals surface area contributed by atoms with Gasteiger partial charge in [-0.3, -0.25) is 0 Å². The Kier molecular flexibility index (Phi) is 8.34. The first kappa shape index (κ1) is 20.0. The molecule has 0 amide bonds. The second kappa shape index (κ2) is 9.99. The van der Waals surface area contributed by atoms with Crippen LogP contribution >= 0.6 is 0 Å². The van der Waals surface area contributed by atoms with Crippen molar-refractivity contribution in [1.29, 1.82) is 0 Å². The monoisotopic (exact) mass is 387 g/mol. The van der Waals surface area contributed by atoms with Crippen LogP contribution in [0.2, 0.25) is 0 Å². The molecule has 0 aromatic heterocycles. The number of aromatic hydroxyl groups is 1. The largest absolute Gasteiger partial charge is 1.00 e. The highest BCUT2D eigenvalue weighted by Crippen LogP contribution is 2.33. The summed E-state index contributed by atoms with van der Waals surface area (Å²) in [5.41, 5.74) is 4.02. The maximum absolute atomic E-state index is 10.2. The second-order valence-corrected chi connectivity index (χ2v) is 5.51. The van der Waals surface area contributed by atoms with Gasteiger partial charge in [-0.05, 0) is 60.2 Å². The second-order valence-electron chi connectivity index (χ2n) is 5.51. The molecule has 0 atom stereocenters. The average molecular weight is 388 g/mol. The fourth-order valence-corrected chi connectivity index (χ4v) is 2.52. The van der Waals surface area contributed by atoms with Crippen LogP contribution in [0.1, 0.15) is 24.5 Å². The molecule has 3 heteroatoms. The van der Waals surface area contributed by atoms with Crippen LogP contribution in [-0.2, 0) is 12.8 Å². The summed E-state index contributed by atoms with van der Waals surface area (Å²) in [6.45, 7) is 10.4. The third-order valence-electron chi connectivity index (χ3n) is 3.64. The molecular weight excluding hydrogens is 364 g/mol. The van der Waals surface area contributed by atoms with Crippen molar-refractivity contribution in [2.45, 2.75) is 26.2 Å². The van der Waals surface area contributed by atoms with Gasteiger partial charge in [0.1, 0.15) is 11.5 Å². The molecule has 0 spiro atoms. The molecule has 0 aliphatic heterocycles. The number of hydrogen-bond donors (Lipinski definition) is 1. The fourth-order valence-electron chi connectivity index (χ4n) is 2.52. The van der Waals surface area contributed by atoms with Crippen LogP contribution in [0.3, 0.4) is 0 Å². The number of benzene rings is 2. The summed E-state index contributed by atoms with van der Waals surface area (Å²) in [6, 6.07) is 11.7. The van der Waals surface area contributed by atoms with Crippen LogP contribution in [0.15, 0.2) is 61.7 Å². The number of phenolic OH excluding ortho intramolecular Hbond substituents is 1. The van der Waals surface area contributed by atoms with Gasteiger partial charge in [0.25, 0.3) is 0 Å². The summed E-state index contributed by atoms with van der Waals surface area (Å²) in [5.74, 6) is 1.17. The molecule has 0 heterocycles. The van der Waals surface area contributed by atoms with Crippen LogP contribution in [-0.4, -0.2) is 11.7 Å².